The Kier molecular flexibility index (Phi) is 8.64. The first-order valence-corrected chi connectivity index (χ1v) is 16.0. The normalized spacial score (nSPS) is 17.1. The average Bonchev–Trinajstić information content (AvgIpc) is 3.10. The molecule has 0 atom stereocenters. The first-order chi connectivity index (χ1) is 23.7. The number of nitrogens with zero attached hydrogens (tertiary/aromatic N) is 6. The molecule has 12 heteroatoms. The number of rotatable bonds is 9. The van der Waals surface area contributed by atoms with Gasteiger partial charge in [0.05, 0.1) is 11.0 Å². The molecule has 3 aromatic heterocycles. The largest absolute Gasteiger partial charge is 0.490 e. The lowest BCUT2D eigenvalue weighted by atomic mass is 9.83. The fraction of sp³-hybridized carbons (Fsp3) is 0.189. The van der Waals surface area contributed by atoms with Crippen LogP contribution in [0.25, 0.3) is 21.8 Å². The van der Waals surface area contributed by atoms with Gasteiger partial charge in [-0.1, -0.05) is 41.9 Å². The summed E-state index contributed by atoms with van der Waals surface area (Å²) < 4.78 is 11.8. The topological polar surface area (TPSA) is 123 Å². The molecule has 7 rings (SSSR count). The van der Waals surface area contributed by atoms with E-state index in [1.165, 1.54) is 12.3 Å². The molecule has 1 saturated carbocycles. The molecule has 49 heavy (non-hydrogen) atoms. The van der Waals surface area contributed by atoms with E-state index in [-0.39, 0.29) is 35.0 Å². The minimum atomic E-state index is -0.675. The molecule has 1 aliphatic rings. The number of carbonyl (C=O) groups excluding carboxylic acids is 2. The third-order valence-electron chi connectivity index (χ3n) is 8.67. The number of halogens is 1. The van der Waals surface area contributed by atoms with Crippen molar-refractivity contribution in [2.75, 3.05) is 31.4 Å². The second-order valence-electron chi connectivity index (χ2n) is 11.9. The monoisotopic (exact) mass is 673 g/mol. The van der Waals surface area contributed by atoms with Gasteiger partial charge >= 0.3 is 0 Å². The predicted molar refractivity (Wildman–Crippen MR) is 188 cm³/mol. The van der Waals surface area contributed by atoms with E-state index in [0.717, 1.165) is 34.3 Å². The van der Waals surface area contributed by atoms with Crippen molar-refractivity contribution in [1.29, 1.82) is 0 Å². The van der Waals surface area contributed by atoms with Crippen molar-refractivity contribution in [2.45, 2.75) is 24.7 Å². The Bertz CT molecular complexity index is 2190. The molecule has 0 aliphatic heterocycles. The van der Waals surface area contributed by atoms with Gasteiger partial charge in [-0.05, 0) is 74.8 Å². The van der Waals surface area contributed by atoms with E-state index in [1.807, 2.05) is 56.6 Å². The molecule has 0 bridgehead atoms. The Morgan fingerprint density at radius 2 is 1.49 bits per heavy atom. The number of aromatic nitrogens is 4. The van der Waals surface area contributed by atoms with Crippen LogP contribution in [0.4, 0.5) is 17.5 Å². The highest BCUT2D eigenvalue weighted by atomic mass is 35.5. The minimum absolute atomic E-state index is 0.0486. The van der Waals surface area contributed by atoms with Crippen molar-refractivity contribution in [3.63, 3.8) is 0 Å². The molecule has 0 saturated heterocycles. The van der Waals surface area contributed by atoms with Gasteiger partial charge in [-0.25, -0.2) is 19.9 Å². The molecule has 3 heterocycles. The number of hydrogen-bond donors (Lipinski definition) is 1. The number of nitrogens with one attached hydrogen (secondary N) is 1. The molecule has 1 fully saturated rings. The summed E-state index contributed by atoms with van der Waals surface area (Å²) in [5.41, 5.74) is 1.68. The Balaban J connectivity index is 1.16. The zero-order valence-electron chi connectivity index (χ0n) is 27.0. The number of amides is 2. The highest BCUT2D eigenvalue weighted by Crippen LogP contribution is 2.39. The number of fused-ring (bicyclic) bond motifs is 2. The zero-order chi connectivity index (χ0) is 34.1. The van der Waals surface area contributed by atoms with Gasteiger partial charge in [0.25, 0.3) is 11.8 Å². The summed E-state index contributed by atoms with van der Waals surface area (Å²) in [6.45, 7) is 0. The SMILES string of the molecule is COC1(N(C)C)CC(Oc2ccc(Nc3nccc(N(C(=O)c4ccc5ccccc5n4)C(=O)c4ccc5cc(Cl)ccc5n4)n3)cc2)C1. The molecule has 0 radical (unpaired) electrons. The van der Waals surface area contributed by atoms with Crippen LogP contribution in [-0.2, 0) is 4.74 Å². The first kappa shape index (κ1) is 32.1. The number of benzene rings is 3. The van der Waals surface area contributed by atoms with Crippen molar-refractivity contribution in [1.82, 2.24) is 24.8 Å². The maximum absolute atomic E-state index is 14.1. The van der Waals surface area contributed by atoms with Crippen LogP contribution < -0.4 is 15.0 Å². The second kappa shape index (κ2) is 13.2. The Labute approximate surface area is 287 Å². The fourth-order valence-corrected chi connectivity index (χ4v) is 6.03. The summed E-state index contributed by atoms with van der Waals surface area (Å²) in [5.74, 6) is -0.385. The van der Waals surface area contributed by atoms with Crippen LogP contribution >= 0.6 is 11.6 Å². The van der Waals surface area contributed by atoms with Crippen LogP contribution in [-0.4, -0.2) is 69.7 Å². The first-order valence-electron chi connectivity index (χ1n) is 15.6. The number of hydrogen-bond acceptors (Lipinski definition) is 10. The summed E-state index contributed by atoms with van der Waals surface area (Å²) in [4.78, 5) is 49.3. The van der Waals surface area contributed by atoms with E-state index in [4.69, 9.17) is 21.1 Å². The highest BCUT2D eigenvalue weighted by Gasteiger charge is 2.48. The number of imide groups is 1. The predicted octanol–water partition coefficient (Wildman–Crippen LogP) is 6.90. The number of para-hydroxylation sites is 1. The Hall–Kier alpha value is -5.49. The van der Waals surface area contributed by atoms with E-state index in [0.29, 0.717) is 21.7 Å². The number of carbonyl (C=O) groups is 2. The number of methoxy groups -OCH3 is 1. The molecule has 1 N–H and O–H groups in total. The summed E-state index contributed by atoms with van der Waals surface area (Å²) in [7, 11) is 5.72. The summed E-state index contributed by atoms with van der Waals surface area (Å²) in [5, 5.41) is 5.33. The molecule has 3 aromatic carbocycles. The maximum atomic E-state index is 14.1. The van der Waals surface area contributed by atoms with Gasteiger partial charge in [-0.3, -0.25) is 14.5 Å². The summed E-state index contributed by atoms with van der Waals surface area (Å²) in [6, 6.07) is 28.2. The van der Waals surface area contributed by atoms with E-state index in [1.54, 1.807) is 55.6 Å². The third kappa shape index (κ3) is 6.51. The fourth-order valence-electron chi connectivity index (χ4n) is 5.85. The van der Waals surface area contributed by atoms with Crippen molar-refractivity contribution < 1.29 is 19.1 Å². The van der Waals surface area contributed by atoms with E-state index in [2.05, 4.69) is 30.2 Å². The molecule has 0 unspecified atom stereocenters. The van der Waals surface area contributed by atoms with Gasteiger partial charge in [-0.2, -0.15) is 4.98 Å². The van der Waals surface area contributed by atoms with Gasteiger partial charge in [0.2, 0.25) is 5.95 Å². The Morgan fingerprint density at radius 1 is 0.816 bits per heavy atom. The van der Waals surface area contributed by atoms with Crippen molar-refractivity contribution in [2.24, 2.45) is 0 Å². The number of anilines is 3. The second-order valence-corrected chi connectivity index (χ2v) is 12.4. The van der Waals surface area contributed by atoms with E-state index >= 15 is 0 Å². The van der Waals surface area contributed by atoms with Crippen molar-refractivity contribution in [3.05, 3.63) is 120 Å². The lowest BCUT2D eigenvalue weighted by Gasteiger charge is -2.50. The Morgan fingerprint density at radius 3 is 2.18 bits per heavy atom. The summed E-state index contributed by atoms with van der Waals surface area (Å²) in [6.07, 6.45) is 3.06. The highest BCUT2D eigenvalue weighted by molar-refractivity contribution is 6.31. The molecule has 11 nitrogen and oxygen atoms in total. The smallest absolute Gasteiger partial charge is 0.285 e. The van der Waals surface area contributed by atoms with Crippen LogP contribution in [0.1, 0.15) is 33.8 Å². The molecule has 0 spiro atoms. The van der Waals surface area contributed by atoms with Crippen LogP contribution in [0.5, 0.6) is 5.75 Å². The molecule has 246 valence electrons. The molecule has 2 amide bonds. The van der Waals surface area contributed by atoms with Gasteiger partial charge < -0.3 is 14.8 Å². The summed E-state index contributed by atoms with van der Waals surface area (Å²) >= 11 is 6.15. The minimum Gasteiger partial charge on any atom is -0.490 e. The molecule has 1 aliphatic carbocycles. The number of pyridine rings is 2. The lowest BCUT2D eigenvalue weighted by molar-refractivity contribution is -0.204. The quantitative estimate of drug-likeness (QED) is 0.128. The van der Waals surface area contributed by atoms with Crippen LogP contribution in [0.15, 0.2) is 103 Å². The van der Waals surface area contributed by atoms with E-state index < -0.39 is 11.8 Å². The van der Waals surface area contributed by atoms with Crippen LogP contribution in [0.2, 0.25) is 5.02 Å². The van der Waals surface area contributed by atoms with Crippen molar-refractivity contribution in [3.8, 4) is 5.75 Å². The van der Waals surface area contributed by atoms with Crippen molar-refractivity contribution >= 4 is 62.7 Å². The van der Waals surface area contributed by atoms with Crippen LogP contribution in [0.3, 0.4) is 0 Å². The van der Waals surface area contributed by atoms with Gasteiger partial charge in [0.1, 0.15) is 34.8 Å². The molecular weight excluding hydrogens is 642 g/mol. The van der Waals surface area contributed by atoms with E-state index in [9.17, 15) is 9.59 Å². The number of ether oxygens (including phenoxy) is 2. The lowest BCUT2D eigenvalue weighted by Crippen LogP contribution is -2.59. The average molecular weight is 674 g/mol. The zero-order valence-corrected chi connectivity index (χ0v) is 27.8. The molecular formula is C37H32ClN7O4. The van der Waals surface area contributed by atoms with Crippen LogP contribution in [0, 0.1) is 0 Å². The third-order valence-corrected chi connectivity index (χ3v) is 8.90. The van der Waals surface area contributed by atoms with Gasteiger partial charge in [0.15, 0.2) is 0 Å². The van der Waals surface area contributed by atoms with Gasteiger partial charge in [0, 0.05) is 53.7 Å². The maximum Gasteiger partial charge on any atom is 0.285 e. The standard InChI is InChI=1S/C37H32ClN7O4/c1-44(2)37(48-3)21-28(22-37)49-27-13-11-26(12-14-27)40-36-39-19-18-33(43-36)45(34(46)31-15-8-23-6-4-5-7-29(23)41-31)35(47)32-16-9-24-20-25(38)10-17-30(24)42-32/h4-20,28H,21-22H2,1-3H3,(H,39,40,43). The molecule has 6 aromatic rings. The van der Waals surface area contributed by atoms with Gasteiger partial charge in [-0.15, -0.1) is 0 Å².